The molecule has 0 aliphatic carbocycles. The molecule has 19 heavy (non-hydrogen) atoms. The van der Waals surface area contributed by atoms with Crippen LogP contribution in [-0.4, -0.2) is 21.8 Å². The number of aliphatic carboxylic acids is 1. The third-order valence-electron chi connectivity index (χ3n) is 3.22. The Kier molecular flexibility index (Phi) is 3.25. The number of ketones is 1. The molecule has 0 fully saturated rings. The quantitative estimate of drug-likeness (QED) is 0.827. The van der Waals surface area contributed by atoms with Crippen molar-refractivity contribution in [1.29, 1.82) is 0 Å². The van der Waals surface area contributed by atoms with Crippen molar-refractivity contribution in [2.24, 2.45) is 0 Å². The molecule has 0 bridgehead atoms. The van der Waals surface area contributed by atoms with Gasteiger partial charge in [0.15, 0.2) is 0 Å². The van der Waals surface area contributed by atoms with Crippen LogP contribution in [0.15, 0.2) is 42.6 Å². The highest BCUT2D eigenvalue weighted by Crippen LogP contribution is 2.24. The molecular weight excluding hydrogens is 242 g/mol. The molecule has 0 unspecified atom stereocenters. The normalized spacial score (nSPS) is 11.3. The van der Waals surface area contributed by atoms with Crippen LogP contribution >= 0.6 is 0 Å². The predicted octanol–water partition coefficient (Wildman–Crippen LogP) is 2.61. The van der Waals surface area contributed by atoms with Crippen LogP contribution in [0.2, 0.25) is 0 Å². The molecule has 0 aliphatic heterocycles. The van der Waals surface area contributed by atoms with E-state index in [1.54, 1.807) is 56.4 Å². The molecule has 0 saturated carbocycles. The van der Waals surface area contributed by atoms with Gasteiger partial charge >= 0.3 is 5.97 Å². The third-order valence-corrected chi connectivity index (χ3v) is 3.22. The number of aromatic amines is 1. The van der Waals surface area contributed by atoms with Crippen molar-refractivity contribution in [3.05, 3.63) is 59.4 Å². The van der Waals surface area contributed by atoms with Gasteiger partial charge in [-0.2, -0.15) is 0 Å². The molecule has 1 heterocycles. The minimum Gasteiger partial charge on any atom is -0.481 e. The molecule has 0 atom stereocenters. The maximum absolute atomic E-state index is 12.2. The monoisotopic (exact) mass is 257 g/mol. The number of nitrogens with one attached hydrogen (secondary N) is 1. The largest absolute Gasteiger partial charge is 0.481 e. The average molecular weight is 257 g/mol. The summed E-state index contributed by atoms with van der Waals surface area (Å²) in [5, 5.41) is 9.22. The number of rotatable bonds is 4. The number of carbonyl (C=O) groups is 2. The molecule has 2 rings (SSSR count). The Morgan fingerprint density at radius 3 is 2.47 bits per heavy atom. The van der Waals surface area contributed by atoms with E-state index in [-0.39, 0.29) is 5.78 Å². The molecule has 0 radical (unpaired) electrons. The van der Waals surface area contributed by atoms with Gasteiger partial charge in [-0.3, -0.25) is 9.59 Å². The first-order valence-corrected chi connectivity index (χ1v) is 5.95. The summed E-state index contributed by atoms with van der Waals surface area (Å²) < 4.78 is 0. The van der Waals surface area contributed by atoms with Gasteiger partial charge in [-0.1, -0.05) is 18.2 Å². The van der Waals surface area contributed by atoms with Crippen molar-refractivity contribution in [3.8, 4) is 0 Å². The highest BCUT2D eigenvalue weighted by atomic mass is 16.4. The van der Waals surface area contributed by atoms with E-state index in [1.165, 1.54) is 0 Å². The zero-order chi connectivity index (χ0) is 14.0. The Morgan fingerprint density at radius 2 is 1.89 bits per heavy atom. The molecule has 2 aromatic rings. The van der Waals surface area contributed by atoms with E-state index >= 15 is 0 Å². The van der Waals surface area contributed by atoms with Crippen molar-refractivity contribution in [1.82, 2.24) is 4.98 Å². The fourth-order valence-electron chi connectivity index (χ4n) is 1.80. The smallest absolute Gasteiger partial charge is 0.313 e. The van der Waals surface area contributed by atoms with E-state index in [0.717, 1.165) is 0 Å². The number of carboxylic acid groups (broad SMARTS) is 1. The summed E-state index contributed by atoms with van der Waals surface area (Å²) in [6.45, 7) is 3.24. The van der Waals surface area contributed by atoms with Crippen LogP contribution < -0.4 is 0 Å². The van der Waals surface area contributed by atoms with E-state index in [4.69, 9.17) is 0 Å². The van der Waals surface area contributed by atoms with Gasteiger partial charge in [0.2, 0.25) is 5.78 Å². The predicted molar refractivity (Wildman–Crippen MR) is 71.3 cm³/mol. The number of H-pyrrole nitrogens is 1. The maximum atomic E-state index is 12.2. The summed E-state index contributed by atoms with van der Waals surface area (Å²) >= 11 is 0. The zero-order valence-corrected chi connectivity index (χ0v) is 10.8. The lowest BCUT2D eigenvalue weighted by molar-refractivity contribution is -0.142. The summed E-state index contributed by atoms with van der Waals surface area (Å²) in [6.07, 6.45) is 1.68. The second-order valence-electron chi connectivity index (χ2n) is 4.92. The molecule has 0 amide bonds. The number of aromatic nitrogens is 1. The highest BCUT2D eigenvalue weighted by Gasteiger charge is 2.29. The third kappa shape index (κ3) is 2.42. The Labute approximate surface area is 111 Å². The lowest BCUT2D eigenvalue weighted by Gasteiger charge is -2.20. The van der Waals surface area contributed by atoms with Gasteiger partial charge in [-0.05, 0) is 37.6 Å². The lowest BCUT2D eigenvalue weighted by atomic mass is 9.83. The Morgan fingerprint density at radius 1 is 1.16 bits per heavy atom. The minimum atomic E-state index is -1.02. The van der Waals surface area contributed by atoms with Gasteiger partial charge in [-0.15, -0.1) is 0 Å². The molecule has 1 aromatic carbocycles. The molecule has 0 saturated heterocycles. The Hall–Kier alpha value is -2.36. The molecule has 2 N–H and O–H groups in total. The first kappa shape index (κ1) is 13.1. The highest BCUT2D eigenvalue weighted by molar-refractivity contribution is 6.08. The number of benzene rings is 1. The van der Waals surface area contributed by atoms with Crippen LogP contribution in [0.5, 0.6) is 0 Å². The number of hydrogen-bond donors (Lipinski definition) is 2. The molecule has 1 aromatic heterocycles. The molecular formula is C15H15NO3. The van der Waals surface area contributed by atoms with E-state index in [9.17, 15) is 14.7 Å². The van der Waals surface area contributed by atoms with E-state index in [0.29, 0.717) is 16.8 Å². The molecule has 98 valence electrons. The second kappa shape index (κ2) is 4.72. The Bertz CT molecular complexity index is 612. The number of carboxylic acids is 1. The van der Waals surface area contributed by atoms with Gasteiger partial charge in [0.05, 0.1) is 11.1 Å². The first-order chi connectivity index (χ1) is 8.93. The van der Waals surface area contributed by atoms with Crippen molar-refractivity contribution in [2.45, 2.75) is 19.3 Å². The Balaban J connectivity index is 2.40. The van der Waals surface area contributed by atoms with Crippen LogP contribution in [0.3, 0.4) is 0 Å². The second-order valence-corrected chi connectivity index (χ2v) is 4.92. The fourth-order valence-corrected chi connectivity index (χ4v) is 1.80. The van der Waals surface area contributed by atoms with E-state index in [1.807, 2.05) is 0 Å². The SMILES string of the molecule is CC(C)(C(=O)O)c1cccc(C(=O)c2ccc[nH]2)c1. The lowest BCUT2D eigenvalue weighted by Crippen LogP contribution is -2.28. The molecule has 0 spiro atoms. The fraction of sp³-hybridized carbons (Fsp3) is 0.200. The molecule has 0 aliphatic rings. The van der Waals surface area contributed by atoms with Gasteiger partial charge in [0.1, 0.15) is 0 Å². The van der Waals surface area contributed by atoms with Gasteiger partial charge < -0.3 is 10.1 Å². The number of carbonyl (C=O) groups excluding carboxylic acids is 1. The molecule has 4 heteroatoms. The summed E-state index contributed by atoms with van der Waals surface area (Å²) in [7, 11) is 0. The van der Waals surface area contributed by atoms with Crippen molar-refractivity contribution in [3.63, 3.8) is 0 Å². The van der Waals surface area contributed by atoms with Gasteiger partial charge in [0, 0.05) is 11.8 Å². The van der Waals surface area contributed by atoms with E-state index < -0.39 is 11.4 Å². The van der Waals surface area contributed by atoms with Gasteiger partial charge in [-0.25, -0.2) is 0 Å². The first-order valence-electron chi connectivity index (χ1n) is 5.95. The van der Waals surface area contributed by atoms with Gasteiger partial charge in [0.25, 0.3) is 0 Å². The zero-order valence-electron chi connectivity index (χ0n) is 10.8. The summed E-state index contributed by atoms with van der Waals surface area (Å²) in [4.78, 5) is 26.3. The van der Waals surface area contributed by atoms with Crippen molar-refractivity contribution in [2.75, 3.05) is 0 Å². The van der Waals surface area contributed by atoms with Crippen LogP contribution in [0, 0.1) is 0 Å². The molecule has 4 nitrogen and oxygen atoms in total. The van der Waals surface area contributed by atoms with Crippen LogP contribution in [0.1, 0.15) is 35.5 Å². The summed E-state index contributed by atoms with van der Waals surface area (Å²) in [6, 6.07) is 10.2. The summed E-state index contributed by atoms with van der Waals surface area (Å²) in [5.74, 6) is -1.06. The topological polar surface area (TPSA) is 70.2 Å². The van der Waals surface area contributed by atoms with E-state index in [2.05, 4.69) is 4.98 Å². The van der Waals surface area contributed by atoms with Crippen molar-refractivity contribution >= 4 is 11.8 Å². The maximum Gasteiger partial charge on any atom is 0.313 e. The average Bonchev–Trinajstić information content (AvgIpc) is 2.91. The summed E-state index contributed by atoms with van der Waals surface area (Å²) in [5.41, 5.74) is 0.559. The number of hydrogen-bond acceptors (Lipinski definition) is 2. The van der Waals surface area contributed by atoms with Crippen LogP contribution in [0.25, 0.3) is 0 Å². The van der Waals surface area contributed by atoms with Crippen molar-refractivity contribution < 1.29 is 14.7 Å². The standard InChI is InChI=1S/C15H15NO3/c1-15(2,14(18)19)11-6-3-5-10(9-11)13(17)12-7-4-8-16-12/h3-9,16H,1-2H3,(H,18,19). The van der Waals surface area contributed by atoms with Crippen LogP contribution in [-0.2, 0) is 10.2 Å². The minimum absolute atomic E-state index is 0.145. The van der Waals surface area contributed by atoms with Crippen LogP contribution in [0.4, 0.5) is 0 Å².